The number of hydrogen-bond donors (Lipinski definition) is 1. The van der Waals surface area contributed by atoms with Gasteiger partial charge < -0.3 is 10.1 Å². The Labute approximate surface area is 106 Å². The Balaban J connectivity index is 2.29. The van der Waals surface area contributed by atoms with Crippen LogP contribution in [0.3, 0.4) is 0 Å². The molecule has 0 fully saturated rings. The highest BCUT2D eigenvalue weighted by atomic mass is 19.1. The molecule has 0 bridgehead atoms. The van der Waals surface area contributed by atoms with Gasteiger partial charge in [0.25, 0.3) is 0 Å². The molecule has 0 aromatic heterocycles. The molecule has 1 N–H and O–H groups in total. The van der Waals surface area contributed by atoms with Crippen molar-refractivity contribution in [1.29, 1.82) is 0 Å². The third-order valence-electron chi connectivity index (χ3n) is 2.94. The lowest BCUT2D eigenvalue weighted by molar-refractivity contribution is 0.414. The molecule has 0 radical (unpaired) electrons. The molecule has 2 aromatic rings. The number of hydrogen-bond acceptors (Lipinski definition) is 2. The summed E-state index contributed by atoms with van der Waals surface area (Å²) in [6.45, 7) is 0. The van der Waals surface area contributed by atoms with Crippen LogP contribution in [0.25, 0.3) is 0 Å². The molecule has 3 heteroatoms. The molecule has 2 aromatic carbocycles. The van der Waals surface area contributed by atoms with Crippen LogP contribution in [0.5, 0.6) is 5.75 Å². The van der Waals surface area contributed by atoms with Gasteiger partial charge in [-0.2, -0.15) is 0 Å². The van der Waals surface area contributed by atoms with Crippen molar-refractivity contribution in [3.8, 4) is 5.75 Å². The summed E-state index contributed by atoms with van der Waals surface area (Å²) in [4.78, 5) is 0. The Bertz CT molecular complexity index is 493. The van der Waals surface area contributed by atoms with Crippen molar-refractivity contribution in [2.75, 3.05) is 14.2 Å². The van der Waals surface area contributed by atoms with Gasteiger partial charge in [-0.1, -0.05) is 24.3 Å². The molecule has 2 nitrogen and oxygen atoms in total. The molecular weight excluding hydrogens is 229 g/mol. The topological polar surface area (TPSA) is 21.3 Å². The second-order valence-electron chi connectivity index (χ2n) is 4.05. The average molecular weight is 245 g/mol. The van der Waals surface area contributed by atoms with E-state index in [1.807, 2.05) is 31.3 Å². The molecule has 0 aliphatic rings. The predicted octanol–water partition coefficient (Wildman–Crippen LogP) is 3.14. The predicted molar refractivity (Wildman–Crippen MR) is 70.3 cm³/mol. The first kappa shape index (κ1) is 12.6. The Morgan fingerprint density at radius 2 is 1.44 bits per heavy atom. The van der Waals surface area contributed by atoms with E-state index in [4.69, 9.17) is 4.74 Å². The van der Waals surface area contributed by atoms with Gasteiger partial charge in [-0.15, -0.1) is 0 Å². The molecule has 1 unspecified atom stereocenters. The molecule has 2 rings (SSSR count). The third kappa shape index (κ3) is 2.68. The van der Waals surface area contributed by atoms with E-state index in [1.165, 1.54) is 12.1 Å². The first-order valence-corrected chi connectivity index (χ1v) is 5.81. The summed E-state index contributed by atoms with van der Waals surface area (Å²) in [5.41, 5.74) is 2.15. The lowest BCUT2D eigenvalue weighted by Gasteiger charge is -2.17. The van der Waals surface area contributed by atoms with E-state index in [-0.39, 0.29) is 11.9 Å². The van der Waals surface area contributed by atoms with Gasteiger partial charge in [0.2, 0.25) is 0 Å². The molecule has 18 heavy (non-hydrogen) atoms. The number of rotatable bonds is 4. The van der Waals surface area contributed by atoms with E-state index in [2.05, 4.69) is 5.32 Å². The molecule has 0 heterocycles. The highest BCUT2D eigenvalue weighted by Crippen LogP contribution is 2.23. The third-order valence-corrected chi connectivity index (χ3v) is 2.94. The number of benzene rings is 2. The highest BCUT2D eigenvalue weighted by Gasteiger charge is 2.11. The first-order valence-electron chi connectivity index (χ1n) is 5.81. The zero-order chi connectivity index (χ0) is 13.0. The summed E-state index contributed by atoms with van der Waals surface area (Å²) >= 11 is 0. The lowest BCUT2D eigenvalue weighted by Crippen LogP contribution is -2.17. The Kier molecular flexibility index (Phi) is 3.95. The summed E-state index contributed by atoms with van der Waals surface area (Å²) < 4.78 is 18.1. The van der Waals surface area contributed by atoms with Crippen molar-refractivity contribution in [2.24, 2.45) is 0 Å². The normalized spacial score (nSPS) is 12.2. The minimum atomic E-state index is -0.219. The Hall–Kier alpha value is -1.87. The largest absolute Gasteiger partial charge is 0.497 e. The van der Waals surface area contributed by atoms with Crippen molar-refractivity contribution < 1.29 is 9.13 Å². The minimum absolute atomic E-state index is 0.0523. The van der Waals surface area contributed by atoms with Crippen LogP contribution in [-0.2, 0) is 0 Å². The molecule has 1 atom stereocenters. The van der Waals surface area contributed by atoms with Crippen molar-refractivity contribution in [2.45, 2.75) is 6.04 Å². The summed E-state index contributed by atoms with van der Waals surface area (Å²) in [5, 5.41) is 3.23. The van der Waals surface area contributed by atoms with E-state index >= 15 is 0 Å². The smallest absolute Gasteiger partial charge is 0.123 e. The fourth-order valence-electron chi connectivity index (χ4n) is 1.98. The fourth-order valence-corrected chi connectivity index (χ4v) is 1.98. The van der Waals surface area contributed by atoms with E-state index in [0.29, 0.717) is 0 Å². The maximum Gasteiger partial charge on any atom is 0.123 e. The summed E-state index contributed by atoms with van der Waals surface area (Å²) in [6.07, 6.45) is 0. The molecule has 0 aliphatic carbocycles. The van der Waals surface area contributed by atoms with Gasteiger partial charge >= 0.3 is 0 Å². The molecule has 0 spiro atoms. The van der Waals surface area contributed by atoms with Crippen LogP contribution in [-0.4, -0.2) is 14.2 Å². The second kappa shape index (κ2) is 5.65. The van der Waals surface area contributed by atoms with Crippen LogP contribution in [0, 0.1) is 5.82 Å². The zero-order valence-corrected chi connectivity index (χ0v) is 10.5. The van der Waals surface area contributed by atoms with Crippen LogP contribution >= 0.6 is 0 Å². The minimum Gasteiger partial charge on any atom is -0.497 e. The monoisotopic (exact) mass is 245 g/mol. The second-order valence-corrected chi connectivity index (χ2v) is 4.05. The first-order chi connectivity index (χ1) is 8.74. The Morgan fingerprint density at radius 1 is 0.944 bits per heavy atom. The number of methoxy groups -OCH3 is 1. The SMILES string of the molecule is CNC(c1ccc(F)cc1)c1ccc(OC)cc1. The molecule has 94 valence electrons. The Morgan fingerprint density at radius 3 is 1.89 bits per heavy atom. The van der Waals surface area contributed by atoms with Crippen molar-refractivity contribution in [1.82, 2.24) is 5.32 Å². The summed E-state index contributed by atoms with van der Waals surface area (Å²) in [5.74, 6) is 0.607. The quantitative estimate of drug-likeness (QED) is 0.893. The zero-order valence-electron chi connectivity index (χ0n) is 10.5. The molecule has 0 aliphatic heterocycles. The van der Waals surface area contributed by atoms with Crippen LogP contribution in [0.4, 0.5) is 4.39 Å². The van der Waals surface area contributed by atoms with Gasteiger partial charge in [0.05, 0.1) is 13.2 Å². The van der Waals surface area contributed by atoms with Crippen LogP contribution in [0.2, 0.25) is 0 Å². The maximum absolute atomic E-state index is 12.9. The van der Waals surface area contributed by atoms with Crippen LogP contribution < -0.4 is 10.1 Å². The van der Waals surface area contributed by atoms with Gasteiger partial charge in [-0.25, -0.2) is 4.39 Å². The van der Waals surface area contributed by atoms with Crippen LogP contribution in [0.15, 0.2) is 48.5 Å². The average Bonchev–Trinajstić information content (AvgIpc) is 2.42. The van der Waals surface area contributed by atoms with Gasteiger partial charge in [0.1, 0.15) is 11.6 Å². The van der Waals surface area contributed by atoms with Crippen LogP contribution in [0.1, 0.15) is 17.2 Å². The van der Waals surface area contributed by atoms with Gasteiger partial charge in [-0.05, 0) is 42.4 Å². The lowest BCUT2D eigenvalue weighted by atomic mass is 9.99. The molecule has 0 saturated heterocycles. The van der Waals surface area contributed by atoms with E-state index in [9.17, 15) is 4.39 Å². The van der Waals surface area contributed by atoms with Gasteiger partial charge in [0, 0.05) is 0 Å². The van der Waals surface area contributed by atoms with Crippen molar-refractivity contribution in [3.63, 3.8) is 0 Å². The fraction of sp³-hybridized carbons (Fsp3) is 0.200. The number of halogens is 1. The maximum atomic E-state index is 12.9. The number of ether oxygens (including phenoxy) is 1. The van der Waals surface area contributed by atoms with Crippen molar-refractivity contribution >= 4 is 0 Å². The summed E-state index contributed by atoms with van der Waals surface area (Å²) in [7, 11) is 3.53. The summed E-state index contributed by atoms with van der Waals surface area (Å²) in [6, 6.07) is 14.4. The van der Waals surface area contributed by atoms with E-state index < -0.39 is 0 Å². The van der Waals surface area contributed by atoms with E-state index in [1.54, 1.807) is 19.2 Å². The number of nitrogens with one attached hydrogen (secondary N) is 1. The molecule has 0 saturated carbocycles. The highest BCUT2D eigenvalue weighted by molar-refractivity contribution is 5.35. The standard InChI is InChI=1S/C15H16FNO/c1-17-15(11-3-7-13(16)8-4-11)12-5-9-14(18-2)10-6-12/h3-10,15,17H,1-2H3. The molecule has 0 amide bonds. The van der Waals surface area contributed by atoms with Gasteiger partial charge in [-0.3, -0.25) is 0 Å². The molecular formula is C15H16FNO. The van der Waals surface area contributed by atoms with E-state index in [0.717, 1.165) is 16.9 Å². The van der Waals surface area contributed by atoms with Gasteiger partial charge in [0.15, 0.2) is 0 Å². The van der Waals surface area contributed by atoms with Crippen molar-refractivity contribution in [3.05, 3.63) is 65.5 Å².